The Hall–Kier alpha value is -1.44. The molecular formula is C15H21N5OS. The fourth-order valence-electron chi connectivity index (χ4n) is 3.00. The second-order valence-electron chi connectivity index (χ2n) is 5.91. The minimum atomic E-state index is 0.777. The molecule has 0 aromatic carbocycles. The summed E-state index contributed by atoms with van der Waals surface area (Å²) < 4.78 is 5.47. The minimum Gasteiger partial charge on any atom is -0.378 e. The van der Waals surface area contributed by atoms with Crippen LogP contribution in [0.25, 0.3) is 10.9 Å². The summed E-state index contributed by atoms with van der Waals surface area (Å²) in [6.07, 6.45) is 0. The smallest absolute Gasteiger partial charge is 0.228 e. The third-order valence-corrected chi connectivity index (χ3v) is 5.14. The second kappa shape index (κ2) is 5.98. The maximum atomic E-state index is 5.47. The zero-order valence-corrected chi connectivity index (χ0v) is 13.7. The molecule has 0 amide bonds. The number of ether oxygens (including phenoxy) is 1. The number of rotatable bonds is 2. The Bertz CT molecular complexity index is 646. The van der Waals surface area contributed by atoms with E-state index in [0.717, 1.165) is 69.8 Å². The first kappa shape index (κ1) is 14.2. The molecule has 6 nitrogen and oxygen atoms in total. The van der Waals surface area contributed by atoms with Crippen LogP contribution in [0.4, 0.5) is 11.8 Å². The van der Waals surface area contributed by atoms with Crippen LogP contribution in [0.5, 0.6) is 0 Å². The second-order valence-corrected chi connectivity index (χ2v) is 6.65. The van der Waals surface area contributed by atoms with Gasteiger partial charge in [-0.3, -0.25) is 0 Å². The van der Waals surface area contributed by atoms with Crippen molar-refractivity contribution in [2.24, 2.45) is 0 Å². The minimum absolute atomic E-state index is 0.777. The summed E-state index contributed by atoms with van der Waals surface area (Å²) in [5, 5.41) is 5.46. The summed E-state index contributed by atoms with van der Waals surface area (Å²) >= 11 is 1.70. The summed E-state index contributed by atoms with van der Waals surface area (Å²) in [6.45, 7) is 7.49. The Morgan fingerprint density at radius 3 is 2.50 bits per heavy atom. The van der Waals surface area contributed by atoms with E-state index in [1.807, 2.05) is 0 Å². The van der Waals surface area contributed by atoms with E-state index in [2.05, 4.69) is 32.5 Å². The van der Waals surface area contributed by atoms with Crippen molar-refractivity contribution in [3.05, 3.63) is 10.8 Å². The Labute approximate surface area is 134 Å². The van der Waals surface area contributed by atoms with E-state index in [1.54, 1.807) is 11.3 Å². The van der Waals surface area contributed by atoms with Gasteiger partial charge in [0.05, 0.1) is 24.1 Å². The Morgan fingerprint density at radius 1 is 0.955 bits per heavy atom. The number of hydrogen-bond acceptors (Lipinski definition) is 7. The molecule has 0 radical (unpaired) electrons. The van der Waals surface area contributed by atoms with Gasteiger partial charge in [-0.15, -0.1) is 11.3 Å². The Morgan fingerprint density at radius 2 is 1.73 bits per heavy atom. The number of nitrogens with zero attached hydrogens (tertiary/aromatic N) is 5. The maximum absolute atomic E-state index is 5.47. The summed E-state index contributed by atoms with van der Waals surface area (Å²) in [6, 6.07) is 0. The number of piperazine rings is 1. The molecule has 0 atom stereocenters. The molecule has 22 heavy (non-hydrogen) atoms. The normalized spacial score (nSPS) is 20.8. The van der Waals surface area contributed by atoms with Crippen LogP contribution < -0.4 is 9.80 Å². The molecule has 4 rings (SSSR count). The fraction of sp³-hybridized carbons (Fsp3) is 0.600. The van der Waals surface area contributed by atoms with E-state index in [4.69, 9.17) is 14.7 Å². The van der Waals surface area contributed by atoms with Crippen molar-refractivity contribution in [1.82, 2.24) is 14.9 Å². The van der Waals surface area contributed by atoms with E-state index in [-0.39, 0.29) is 0 Å². The number of hydrogen-bond donors (Lipinski definition) is 0. The van der Waals surface area contributed by atoms with Crippen molar-refractivity contribution < 1.29 is 4.74 Å². The topological polar surface area (TPSA) is 44.7 Å². The van der Waals surface area contributed by atoms with Crippen LogP contribution >= 0.6 is 11.3 Å². The number of anilines is 2. The lowest BCUT2D eigenvalue weighted by molar-refractivity contribution is 0.122. The number of thiophene rings is 1. The molecule has 0 N–H and O–H groups in total. The molecule has 0 spiro atoms. The lowest BCUT2D eigenvalue weighted by atomic mass is 10.3. The van der Waals surface area contributed by atoms with Crippen LogP contribution in [0, 0.1) is 0 Å². The van der Waals surface area contributed by atoms with Gasteiger partial charge in [0.15, 0.2) is 0 Å². The van der Waals surface area contributed by atoms with E-state index in [9.17, 15) is 0 Å². The first-order valence-corrected chi connectivity index (χ1v) is 8.76. The molecular weight excluding hydrogens is 298 g/mol. The highest BCUT2D eigenvalue weighted by molar-refractivity contribution is 7.09. The predicted octanol–water partition coefficient (Wildman–Crippen LogP) is 1.28. The molecule has 2 aliphatic heterocycles. The molecule has 2 saturated heterocycles. The molecule has 0 aliphatic carbocycles. The first-order valence-electron chi connectivity index (χ1n) is 7.81. The lowest BCUT2D eigenvalue weighted by Crippen LogP contribution is -2.45. The van der Waals surface area contributed by atoms with Crippen LogP contribution in [-0.2, 0) is 4.74 Å². The largest absolute Gasteiger partial charge is 0.378 e. The summed E-state index contributed by atoms with van der Waals surface area (Å²) in [7, 11) is 2.17. The van der Waals surface area contributed by atoms with E-state index in [1.165, 1.54) is 5.39 Å². The van der Waals surface area contributed by atoms with Gasteiger partial charge in [0, 0.05) is 50.0 Å². The van der Waals surface area contributed by atoms with Crippen LogP contribution in [-0.4, -0.2) is 74.4 Å². The van der Waals surface area contributed by atoms with Crippen molar-refractivity contribution >= 4 is 34.0 Å². The van der Waals surface area contributed by atoms with Crippen LogP contribution in [0.3, 0.4) is 0 Å². The molecule has 118 valence electrons. The van der Waals surface area contributed by atoms with Crippen molar-refractivity contribution in [2.75, 3.05) is 69.3 Å². The molecule has 0 unspecified atom stereocenters. The fourth-order valence-corrected chi connectivity index (χ4v) is 3.73. The van der Waals surface area contributed by atoms with Gasteiger partial charge in [0.25, 0.3) is 0 Å². The standard InChI is InChI=1S/C15H21N5OS/c1-18-2-4-20(5-3-18)15-16-13-11-22-10-12(13)14(17-15)19-6-8-21-9-7-19/h10-11H,2-9H2,1H3. The number of fused-ring (bicyclic) bond motifs is 1. The van der Waals surface area contributed by atoms with Crippen LogP contribution in [0.1, 0.15) is 0 Å². The van der Waals surface area contributed by atoms with E-state index < -0.39 is 0 Å². The monoisotopic (exact) mass is 319 g/mol. The third kappa shape index (κ3) is 2.64. The number of morpholine rings is 1. The van der Waals surface area contributed by atoms with E-state index in [0.29, 0.717) is 0 Å². The summed E-state index contributed by atoms with van der Waals surface area (Å²) in [4.78, 5) is 16.7. The Kier molecular flexibility index (Phi) is 3.85. The van der Waals surface area contributed by atoms with Crippen molar-refractivity contribution in [1.29, 1.82) is 0 Å². The predicted molar refractivity (Wildman–Crippen MR) is 90.2 cm³/mol. The zero-order valence-electron chi connectivity index (χ0n) is 12.9. The maximum Gasteiger partial charge on any atom is 0.228 e. The van der Waals surface area contributed by atoms with Gasteiger partial charge in [-0.25, -0.2) is 4.98 Å². The highest BCUT2D eigenvalue weighted by atomic mass is 32.1. The lowest BCUT2D eigenvalue weighted by Gasteiger charge is -2.33. The molecule has 0 saturated carbocycles. The average molecular weight is 319 g/mol. The van der Waals surface area contributed by atoms with Gasteiger partial charge in [0.2, 0.25) is 5.95 Å². The van der Waals surface area contributed by atoms with Crippen LogP contribution in [0.2, 0.25) is 0 Å². The van der Waals surface area contributed by atoms with Crippen molar-refractivity contribution in [3.63, 3.8) is 0 Å². The molecule has 2 aliphatic rings. The number of likely N-dealkylation sites (N-methyl/N-ethyl adjacent to an activating group) is 1. The highest BCUT2D eigenvalue weighted by Gasteiger charge is 2.22. The molecule has 7 heteroatoms. The molecule has 0 bridgehead atoms. The van der Waals surface area contributed by atoms with Gasteiger partial charge in [-0.1, -0.05) is 0 Å². The third-order valence-electron chi connectivity index (χ3n) is 4.41. The van der Waals surface area contributed by atoms with Gasteiger partial charge in [-0.2, -0.15) is 4.98 Å². The van der Waals surface area contributed by atoms with Crippen molar-refractivity contribution in [3.8, 4) is 0 Å². The molecule has 4 heterocycles. The molecule has 2 aromatic rings. The van der Waals surface area contributed by atoms with Gasteiger partial charge < -0.3 is 19.4 Å². The summed E-state index contributed by atoms with van der Waals surface area (Å²) in [5.74, 6) is 1.95. The van der Waals surface area contributed by atoms with E-state index >= 15 is 0 Å². The quantitative estimate of drug-likeness (QED) is 0.831. The van der Waals surface area contributed by atoms with Gasteiger partial charge in [-0.05, 0) is 7.05 Å². The summed E-state index contributed by atoms with van der Waals surface area (Å²) in [5.41, 5.74) is 1.07. The zero-order chi connectivity index (χ0) is 14.9. The van der Waals surface area contributed by atoms with Crippen molar-refractivity contribution in [2.45, 2.75) is 0 Å². The van der Waals surface area contributed by atoms with Gasteiger partial charge in [0.1, 0.15) is 5.82 Å². The SMILES string of the molecule is CN1CCN(c2nc(N3CCOCC3)c3cscc3n2)CC1. The average Bonchev–Trinajstić information content (AvgIpc) is 3.04. The number of aromatic nitrogens is 2. The first-order chi connectivity index (χ1) is 10.8. The van der Waals surface area contributed by atoms with Gasteiger partial charge >= 0.3 is 0 Å². The molecule has 2 aromatic heterocycles. The van der Waals surface area contributed by atoms with Crippen LogP contribution in [0.15, 0.2) is 10.8 Å². The highest BCUT2D eigenvalue weighted by Crippen LogP contribution is 2.30. The molecule has 2 fully saturated rings. The Balaban J connectivity index is 1.70.